The molecule has 1 fully saturated rings. The van der Waals surface area contributed by atoms with Crippen molar-refractivity contribution in [2.75, 3.05) is 13.1 Å². The summed E-state index contributed by atoms with van der Waals surface area (Å²) in [6.07, 6.45) is 1.20. The van der Waals surface area contributed by atoms with Gasteiger partial charge in [-0.05, 0) is 24.0 Å². The van der Waals surface area contributed by atoms with E-state index in [1.165, 1.54) is 5.56 Å². The first-order valence-corrected chi connectivity index (χ1v) is 8.38. The van der Waals surface area contributed by atoms with Crippen molar-refractivity contribution in [1.29, 1.82) is 0 Å². The molecular weight excluding hydrogens is 302 g/mol. The largest absolute Gasteiger partial charge is 0.388 e. The first-order valence-electron chi connectivity index (χ1n) is 8.38. The van der Waals surface area contributed by atoms with Gasteiger partial charge in [0.15, 0.2) is 12.5 Å². The van der Waals surface area contributed by atoms with Gasteiger partial charge in [-0.3, -0.25) is 9.69 Å². The van der Waals surface area contributed by atoms with E-state index in [1.54, 1.807) is 0 Å². The van der Waals surface area contributed by atoms with E-state index in [9.17, 15) is 9.90 Å². The number of carbonyl (C=O) groups is 1. The predicted octanol–water partition coefficient (Wildman–Crippen LogP) is 2.58. The maximum absolute atomic E-state index is 11.3. The van der Waals surface area contributed by atoms with Crippen LogP contribution in [0.2, 0.25) is 0 Å². The zero-order valence-corrected chi connectivity index (χ0v) is 13.6. The van der Waals surface area contributed by atoms with Crippen LogP contribution < -0.4 is 0 Å². The summed E-state index contributed by atoms with van der Waals surface area (Å²) in [6.45, 7) is 1.34. The molecule has 3 rings (SSSR count). The summed E-state index contributed by atoms with van der Waals surface area (Å²) < 4.78 is 5.84. The first kappa shape index (κ1) is 16.8. The Kier molecular flexibility index (Phi) is 5.75. The third-order valence-corrected chi connectivity index (χ3v) is 4.43. The molecule has 1 aliphatic rings. The molecule has 0 aromatic heterocycles. The van der Waals surface area contributed by atoms with Gasteiger partial charge in [-0.15, -0.1) is 0 Å². The number of carbonyl (C=O) groups excluding carboxylic acids is 1. The molecule has 3 atom stereocenters. The Balaban J connectivity index is 1.54. The quantitative estimate of drug-likeness (QED) is 0.795. The normalized spacial score (nSPS) is 22.4. The second-order valence-electron chi connectivity index (χ2n) is 6.18. The molecule has 0 spiro atoms. The summed E-state index contributed by atoms with van der Waals surface area (Å²) in [4.78, 5) is 13.3. The minimum absolute atomic E-state index is 0.0106. The molecule has 3 unspecified atom stereocenters. The van der Waals surface area contributed by atoms with Crippen molar-refractivity contribution in [1.82, 2.24) is 4.90 Å². The Morgan fingerprint density at radius 1 is 1.12 bits per heavy atom. The summed E-state index contributed by atoms with van der Waals surface area (Å²) in [5.41, 5.74) is 2.11. The Bertz CT molecular complexity index is 632. The fourth-order valence-corrected chi connectivity index (χ4v) is 3.15. The second-order valence-corrected chi connectivity index (χ2v) is 6.18. The Morgan fingerprint density at radius 2 is 1.79 bits per heavy atom. The lowest BCUT2D eigenvalue weighted by molar-refractivity contribution is -0.123. The van der Waals surface area contributed by atoms with Crippen molar-refractivity contribution in [3.63, 3.8) is 0 Å². The highest BCUT2D eigenvalue weighted by atomic mass is 16.5. The van der Waals surface area contributed by atoms with E-state index in [0.29, 0.717) is 19.5 Å². The summed E-state index contributed by atoms with van der Waals surface area (Å²) in [5.74, 6) is 0. The van der Waals surface area contributed by atoms with Gasteiger partial charge in [0.1, 0.15) is 0 Å². The molecule has 0 saturated carbocycles. The molecule has 0 bridgehead atoms. The molecule has 1 N–H and O–H groups in total. The summed E-state index contributed by atoms with van der Waals surface area (Å²) in [5, 5.41) is 10.3. The van der Waals surface area contributed by atoms with Gasteiger partial charge in [-0.2, -0.15) is 0 Å². The van der Waals surface area contributed by atoms with Gasteiger partial charge >= 0.3 is 0 Å². The van der Waals surface area contributed by atoms with Crippen LogP contribution in [0, 0.1) is 0 Å². The zero-order valence-electron chi connectivity index (χ0n) is 13.6. The van der Waals surface area contributed by atoms with Crippen LogP contribution in [-0.2, 0) is 16.0 Å². The van der Waals surface area contributed by atoms with Crippen LogP contribution in [0.3, 0.4) is 0 Å². The summed E-state index contributed by atoms with van der Waals surface area (Å²) >= 11 is 0. The molecule has 126 valence electrons. The average Bonchev–Trinajstić information content (AvgIpc) is 3.03. The minimum Gasteiger partial charge on any atom is -0.388 e. The van der Waals surface area contributed by atoms with Gasteiger partial charge in [0, 0.05) is 13.1 Å². The molecule has 2 aromatic carbocycles. The van der Waals surface area contributed by atoms with Crippen molar-refractivity contribution in [3.05, 3.63) is 71.8 Å². The van der Waals surface area contributed by atoms with Crippen molar-refractivity contribution in [2.45, 2.75) is 31.3 Å². The third-order valence-electron chi connectivity index (χ3n) is 4.43. The number of nitrogens with zero attached hydrogens (tertiary/aromatic N) is 1. The van der Waals surface area contributed by atoms with E-state index in [0.717, 1.165) is 18.3 Å². The molecule has 0 amide bonds. The number of hydrogen-bond acceptors (Lipinski definition) is 4. The maximum Gasteiger partial charge on any atom is 0.167 e. The Morgan fingerprint density at radius 3 is 2.46 bits per heavy atom. The lowest BCUT2D eigenvalue weighted by Crippen LogP contribution is -2.33. The molecule has 24 heavy (non-hydrogen) atoms. The topological polar surface area (TPSA) is 49.8 Å². The number of aliphatic hydroxyl groups excluding tert-OH is 1. The van der Waals surface area contributed by atoms with Crippen molar-refractivity contribution >= 4 is 6.29 Å². The van der Waals surface area contributed by atoms with Crippen LogP contribution in [0.4, 0.5) is 0 Å². The second kappa shape index (κ2) is 8.20. The van der Waals surface area contributed by atoms with Crippen LogP contribution in [0.15, 0.2) is 60.7 Å². The van der Waals surface area contributed by atoms with E-state index in [2.05, 4.69) is 12.1 Å². The number of rotatable bonds is 7. The Labute approximate surface area is 142 Å². The minimum atomic E-state index is -0.522. The van der Waals surface area contributed by atoms with Crippen LogP contribution >= 0.6 is 0 Å². The molecule has 2 aromatic rings. The van der Waals surface area contributed by atoms with E-state index in [4.69, 9.17) is 4.74 Å². The first-order chi connectivity index (χ1) is 11.8. The highest BCUT2D eigenvalue weighted by molar-refractivity contribution is 5.56. The van der Waals surface area contributed by atoms with Gasteiger partial charge in [0.25, 0.3) is 0 Å². The number of aldehydes is 1. The third kappa shape index (κ3) is 4.29. The average molecular weight is 325 g/mol. The van der Waals surface area contributed by atoms with Crippen LogP contribution in [-0.4, -0.2) is 41.7 Å². The predicted molar refractivity (Wildman–Crippen MR) is 92.5 cm³/mol. The maximum atomic E-state index is 11.3. The van der Waals surface area contributed by atoms with Crippen LogP contribution in [0.5, 0.6) is 0 Å². The van der Waals surface area contributed by atoms with Crippen molar-refractivity contribution < 1.29 is 14.6 Å². The van der Waals surface area contributed by atoms with E-state index in [1.807, 2.05) is 53.4 Å². The highest BCUT2D eigenvalue weighted by Gasteiger charge is 2.32. The zero-order chi connectivity index (χ0) is 16.8. The van der Waals surface area contributed by atoms with Gasteiger partial charge in [-0.1, -0.05) is 60.7 Å². The van der Waals surface area contributed by atoms with Crippen molar-refractivity contribution in [2.24, 2.45) is 0 Å². The number of aliphatic hydroxyl groups is 1. The fourth-order valence-electron chi connectivity index (χ4n) is 3.15. The van der Waals surface area contributed by atoms with Gasteiger partial charge in [0.05, 0.1) is 12.2 Å². The molecule has 1 heterocycles. The van der Waals surface area contributed by atoms with Gasteiger partial charge in [0.2, 0.25) is 0 Å². The molecule has 0 aliphatic carbocycles. The van der Waals surface area contributed by atoms with Gasteiger partial charge in [-0.25, -0.2) is 0 Å². The number of benzene rings is 2. The lowest BCUT2D eigenvalue weighted by Gasteiger charge is -2.20. The number of ether oxygens (including phenoxy) is 1. The molecule has 0 radical (unpaired) electrons. The molecule has 4 heteroatoms. The summed E-state index contributed by atoms with van der Waals surface area (Å²) in [6, 6.07) is 19.8. The fraction of sp³-hybridized carbons (Fsp3) is 0.350. The van der Waals surface area contributed by atoms with E-state index < -0.39 is 12.3 Å². The SMILES string of the molecule is O=CC1OC(Cc2ccccc2)CN1CCC(O)c1ccccc1. The van der Waals surface area contributed by atoms with Crippen LogP contribution in [0.25, 0.3) is 0 Å². The Hall–Kier alpha value is -2.01. The summed E-state index contributed by atoms with van der Waals surface area (Å²) in [7, 11) is 0. The molecule has 1 aliphatic heterocycles. The monoisotopic (exact) mass is 325 g/mol. The van der Waals surface area contributed by atoms with Gasteiger partial charge < -0.3 is 9.84 Å². The van der Waals surface area contributed by atoms with Crippen molar-refractivity contribution in [3.8, 4) is 0 Å². The van der Waals surface area contributed by atoms with Crippen LogP contribution in [0.1, 0.15) is 23.7 Å². The smallest absolute Gasteiger partial charge is 0.167 e. The van der Waals surface area contributed by atoms with E-state index in [-0.39, 0.29) is 6.10 Å². The standard InChI is InChI=1S/C20H23NO3/c22-15-20-21(12-11-19(23)17-9-5-2-6-10-17)14-18(24-20)13-16-7-3-1-4-8-16/h1-10,15,18-20,23H,11-14H2. The molecule has 1 saturated heterocycles. The molecule has 4 nitrogen and oxygen atoms in total. The number of hydrogen-bond donors (Lipinski definition) is 1. The lowest BCUT2D eigenvalue weighted by atomic mass is 10.1. The molecular formula is C20H23NO3. The van der Waals surface area contributed by atoms with E-state index >= 15 is 0 Å². The highest BCUT2D eigenvalue weighted by Crippen LogP contribution is 2.22.